The normalized spacial score (nSPS) is 10.6. The van der Waals surface area contributed by atoms with Crippen molar-refractivity contribution in [2.24, 2.45) is 0 Å². The van der Waals surface area contributed by atoms with E-state index in [0.717, 1.165) is 17.0 Å². The fraction of sp³-hybridized carbons (Fsp3) is 0.222. The van der Waals surface area contributed by atoms with E-state index in [-0.39, 0.29) is 30.6 Å². The first-order chi connectivity index (χ1) is 12.9. The molecule has 9 heteroatoms. The van der Waals surface area contributed by atoms with Crippen LogP contribution in [0.1, 0.15) is 17.1 Å². The molecule has 3 aromatic rings. The summed E-state index contributed by atoms with van der Waals surface area (Å²) in [5.74, 6) is -1.07. The van der Waals surface area contributed by atoms with Crippen molar-refractivity contribution < 1.29 is 14.0 Å². The van der Waals surface area contributed by atoms with Gasteiger partial charge >= 0.3 is 0 Å². The average Bonchev–Trinajstić information content (AvgIpc) is 3.20. The van der Waals surface area contributed by atoms with Gasteiger partial charge in [0.2, 0.25) is 5.91 Å². The summed E-state index contributed by atoms with van der Waals surface area (Å²) in [6.07, 6.45) is 0.0257. The second-order valence-corrected chi connectivity index (χ2v) is 6.87. The SMILES string of the molecule is Cc1cc(C)n(CC(=O)NNC(=O)Cc2csc(-c3ccc(F)cc3)n2)n1. The van der Waals surface area contributed by atoms with Gasteiger partial charge in [-0.15, -0.1) is 11.3 Å². The number of hydrogen-bond donors (Lipinski definition) is 2. The van der Waals surface area contributed by atoms with Crippen LogP contribution in [0.15, 0.2) is 35.7 Å². The van der Waals surface area contributed by atoms with Crippen LogP contribution >= 0.6 is 11.3 Å². The van der Waals surface area contributed by atoms with Crippen molar-refractivity contribution in [3.63, 3.8) is 0 Å². The molecule has 0 aliphatic rings. The molecule has 0 unspecified atom stereocenters. The Balaban J connectivity index is 1.50. The van der Waals surface area contributed by atoms with Gasteiger partial charge in [0.15, 0.2) is 0 Å². The lowest BCUT2D eigenvalue weighted by Crippen LogP contribution is -2.44. The minimum absolute atomic E-state index is 0.0192. The summed E-state index contributed by atoms with van der Waals surface area (Å²) in [5.41, 5.74) is 7.78. The molecule has 7 nitrogen and oxygen atoms in total. The van der Waals surface area contributed by atoms with Crippen LogP contribution in [0, 0.1) is 19.7 Å². The summed E-state index contributed by atoms with van der Waals surface area (Å²) in [7, 11) is 0. The Kier molecular flexibility index (Phi) is 5.60. The van der Waals surface area contributed by atoms with Crippen molar-refractivity contribution in [3.8, 4) is 10.6 Å². The van der Waals surface area contributed by atoms with Gasteiger partial charge in [0, 0.05) is 16.6 Å². The number of halogens is 1. The fourth-order valence-corrected chi connectivity index (χ4v) is 3.30. The van der Waals surface area contributed by atoms with Gasteiger partial charge in [-0.2, -0.15) is 5.10 Å². The van der Waals surface area contributed by atoms with E-state index < -0.39 is 0 Å². The monoisotopic (exact) mass is 387 g/mol. The molecule has 0 saturated carbocycles. The summed E-state index contributed by atoms with van der Waals surface area (Å²) in [6.45, 7) is 3.72. The van der Waals surface area contributed by atoms with Gasteiger partial charge in [-0.1, -0.05) is 0 Å². The number of nitrogens with zero attached hydrogens (tertiary/aromatic N) is 3. The molecule has 140 valence electrons. The van der Waals surface area contributed by atoms with Crippen LogP contribution in [-0.2, 0) is 22.6 Å². The number of benzene rings is 1. The molecule has 0 atom stereocenters. The summed E-state index contributed by atoms with van der Waals surface area (Å²) in [6, 6.07) is 7.87. The Labute approximate surface area is 159 Å². The van der Waals surface area contributed by atoms with Gasteiger partial charge in [-0.3, -0.25) is 25.1 Å². The highest BCUT2D eigenvalue weighted by Crippen LogP contribution is 2.24. The number of hydrogen-bond acceptors (Lipinski definition) is 5. The molecule has 0 aliphatic heterocycles. The van der Waals surface area contributed by atoms with Gasteiger partial charge in [-0.05, 0) is 44.2 Å². The molecule has 0 spiro atoms. The molecule has 2 amide bonds. The second kappa shape index (κ2) is 8.09. The molecule has 0 fully saturated rings. The number of amides is 2. The average molecular weight is 387 g/mol. The van der Waals surface area contributed by atoms with Crippen molar-refractivity contribution in [1.82, 2.24) is 25.6 Å². The number of nitrogens with one attached hydrogen (secondary N) is 2. The first-order valence-corrected chi connectivity index (χ1v) is 9.08. The van der Waals surface area contributed by atoms with Crippen LogP contribution in [0.4, 0.5) is 4.39 Å². The maximum absolute atomic E-state index is 13.0. The predicted molar refractivity (Wildman–Crippen MR) is 99.2 cm³/mol. The number of aromatic nitrogens is 3. The number of hydrazine groups is 1. The van der Waals surface area contributed by atoms with E-state index in [9.17, 15) is 14.0 Å². The Hall–Kier alpha value is -3.07. The van der Waals surface area contributed by atoms with Crippen molar-refractivity contribution >= 4 is 23.2 Å². The number of thiazole rings is 1. The Morgan fingerprint density at radius 3 is 2.52 bits per heavy atom. The number of carbonyl (C=O) groups excluding carboxylic acids is 2. The summed E-state index contributed by atoms with van der Waals surface area (Å²) < 4.78 is 14.5. The Morgan fingerprint density at radius 1 is 1.15 bits per heavy atom. The zero-order valence-corrected chi connectivity index (χ0v) is 15.6. The minimum Gasteiger partial charge on any atom is -0.273 e. The highest BCUT2D eigenvalue weighted by molar-refractivity contribution is 7.13. The zero-order chi connectivity index (χ0) is 19.4. The van der Waals surface area contributed by atoms with Gasteiger partial charge in [0.1, 0.15) is 17.4 Å². The van der Waals surface area contributed by atoms with Crippen LogP contribution in [0.2, 0.25) is 0 Å². The maximum atomic E-state index is 13.0. The van der Waals surface area contributed by atoms with E-state index in [0.29, 0.717) is 10.7 Å². The molecule has 0 radical (unpaired) electrons. The van der Waals surface area contributed by atoms with Crippen molar-refractivity contribution in [2.45, 2.75) is 26.8 Å². The second-order valence-electron chi connectivity index (χ2n) is 6.01. The van der Waals surface area contributed by atoms with Crippen LogP contribution in [0.5, 0.6) is 0 Å². The molecule has 0 bridgehead atoms. The van der Waals surface area contributed by atoms with Crippen molar-refractivity contribution in [1.29, 1.82) is 0 Å². The highest BCUT2D eigenvalue weighted by Gasteiger charge is 2.11. The quantitative estimate of drug-likeness (QED) is 0.657. The van der Waals surface area contributed by atoms with E-state index in [4.69, 9.17) is 0 Å². The summed E-state index contributed by atoms with van der Waals surface area (Å²) >= 11 is 1.37. The smallest absolute Gasteiger partial charge is 0.260 e. The van der Waals surface area contributed by atoms with E-state index in [2.05, 4.69) is 20.9 Å². The Morgan fingerprint density at radius 2 is 1.85 bits per heavy atom. The molecule has 2 aromatic heterocycles. The van der Waals surface area contributed by atoms with Crippen molar-refractivity contribution in [3.05, 3.63) is 58.6 Å². The third-order valence-electron chi connectivity index (χ3n) is 3.72. The van der Waals surface area contributed by atoms with Crippen LogP contribution < -0.4 is 10.9 Å². The van der Waals surface area contributed by atoms with Crippen LogP contribution in [0.3, 0.4) is 0 Å². The van der Waals surface area contributed by atoms with Gasteiger partial charge in [-0.25, -0.2) is 9.37 Å². The number of carbonyl (C=O) groups is 2. The number of rotatable bonds is 5. The minimum atomic E-state index is -0.382. The van der Waals surface area contributed by atoms with E-state index in [1.165, 1.54) is 23.5 Å². The molecule has 0 aliphatic carbocycles. The first-order valence-electron chi connectivity index (χ1n) is 8.20. The topological polar surface area (TPSA) is 88.9 Å². The number of aryl methyl sites for hydroxylation is 2. The third-order valence-corrected chi connectivity index (χ3v) is 4.66. The molecule has 27 heavy (non-hydrogen) atoms. The van der Waals surface area contributed by atoms with Gasteiger partial charge < -0.3 is 0 Å². The van der Waals surface area contributed by atoms with E-state index in [1.807, 2.05) is 19.9 Å². The molecular formula is C18H18FN5O2S. The maximum Gasteiger partial charge on any atom is 0.260 e. The lowest BCUT2D eigenvalue weighted by Gasteiger charge is -2.07. The van der Waals surface area contributed by atoms with E-state index >= 15 is 0 Å². The fourth-order valence-electron chi connectivity index (χ4n) is 2.47. The zero-order valence-electron chi connectivity index (χ0n) is 14.8. The molecule has 0 saturated heterocycles. The lowest BCUT2D eigenvalue weighted by atomic mass is 10.2. The predicted octanol–water partition coefficient (Wildman–Crippen LogP) is 2.15. The molecule has 3 rings (SSSR count). The van der Waals surface area contributed by atoms with Gasteiger partial charge in [0.25, 0.3) is 5.91 Å². The van der Waals surface area contributed by atoms with Gasteiger partial charge in [0.05, 0.1) is 17.8 Å². The van der Waals surface area contributed by atoms with E-state index in [1.54, 1.807) is 22.2 Å². The molecular weight excluding hydrogens is 369 g/mol. The summed E-state index contributed by atoms with van der Waals surface area (Å²) in [5, 5.41) is 6.65. The third kappa shape index (κ3) is 4.98. The highest BCUT2D eigenvalue weighted by atomic mass is 32.1. The molecule has 2 N–H and O–H groups in total. The Bertz CT molecular complexity index is 965. The van der Waals surface area contributed by atoms with Crippen LogP contribution in [-0.4, -0.2) is 26.6 Å². The van der Waals surface area contributed by atoms with Crippen molar-refractivity contribution in [2.75, 3.05) is 0 Å². The lowest BCUT2D eigenvalue weighted by molar-refractivity contribution is -0.129. The molecule has 1 aromatic carbocycles. The summed E-state index contributed by atoms with van der Waals surface area (Å²) in [4.78, 5) is 28.3. The molecule has 2 heterocycles. The first kappa shape index (κ1) is 18.7. The standard InChI is InChI=1S/C18H18FN5O2S/c1-11-7-12(2)24(23-11)9-17(26)22-21-16(25)8-15-10-27-18(20-15)13-3-5-14(19)6-4-13/h3-7,10H,8-9H2,1-2H3,(H,21,25)(H,22,26). The van der Waals surface area contributed by atoms with Crippen LogP contribution in [0.25, 0.3) is 10.6 Å². The largest absolute Gasteiger partial charge is 0.273 e.